The van der Waals surface area contributed by atoms with Gasteiger partial charge in [0.25, 0.3) is 0 Å². The molecular weight excluding hydrogens is 528 g/mol. The Balaban J connectivity index is 1.32. The lowest BCUT2D eigenvalue weighted by Gasteiger charge is -2.43. The van der Waals surface area contributed by atoms with Crippen molar-refractivity contribution in [3.05, 3.63) is 62.8 Å². The number of ether oxygens (including phenoxy) is 1. The van der Waals surface area contributed by atoms with Crippen LogP contribution in [0.2, 0.25) is 0 Å². The lowest BCUT2D eigenvalue weighted by molar-refractivity contribution is 0.0602. The van der Waals surface area contributed by atoms with E-state index < -0.39 is 0 Å². The van der Waals surface area contributed by atoms with Gasteiger partial charge in [0, 0.05) is 64.4 Å². The molecule has 3 saturated heterocycles. The van der Waals surface area contributed by atoms with Gasteiger partial charge in [-0.25, -0.2) is 0 Å². The number of nitrogens with one attached hydrogen (secondary N) is 1. The monoisotopic (exact) mass is 558 g/mol. The Labute approximate surface area is 225 Å². The van der Waals surface area contributed by atoms with Crippen LogP contribution in [0.3, 0.4) is 0 Å². The Morgan fingerprint density at radius 3 is 2.54 bits per heavy atom. The molecule has 37 heavy (non-hydrogen) atoms. The van der Waals surface area contributed by atoms with Crippen molar-refractivity contribution in [2.24, 2.45) is 0 Å². The minimum atomic E-state index is -0.300. The Morgan fingerprint density at radius 2 is 1.81 bits per heavy atom. The summed E-state index contributed by atoms with van der Waals surface area (Å²) in [6, 6.07) is 12.9. The number of halogens is 1. The van der Waals surface area contributed by atoms with Crippen LogP contribution in [0.5, 0.6) is 0 Å². The lowest BCUT2D eigenvalue weighted by atomic mass is 9.64. The van der Waals surface area contributed by atoms with Crippen molar-refractivity contribution >= 4 is 38.3 Å². The Bertz CT molecular complexity index is 1430. The van der Waals surface area contributed by atoms with Gasteiger partial charge in [0.15, 0.2) is 5.78 Å². The third-order valence-corrected chi connectivity index (χ3v) is 9.92. The number of nitrogens with zero attached hydrogens (tertiary/aromatic N) is 3. The van der Waals surface area contributed by atoms with Crippen LogP contribution >= 0.6 is 15.9 Å². The van der Waals surface area contributed by atoms with Gasteiger partial charge in [0.05, 0.1) is 22.9 Å². The van der Waals surface area contributed by atoms with Gasteiger partial charge in [-0.15, -0.1) is 0 Å². The predicted octanol–water partition coefficient (Wildman–Crippen LogP) is 5.51. The standard InChI is InChI=1S/C30H31BrN4O2/c31-24-16-22-23(17-26(24)35-11-5-20(6-12-35)34-9-1-2-10-34)30(7-13-37-14-8-30)29-27(28(22)36)21-4-3-19(18-32)15-25(21)33-29/h3-4,15-17,20,33H,1-2,5-14H2. The molecule has 3 aliphatic heterocycles. The molecule has 0 bridgehead atoms. The maximum Gasteiger partial charge on any atom is 0.195 e. The third kappa shape index (κ3) is 3.60. The molecule has 0 saturated carbocycles. The van der Waals surface area contributed by atoms with Crippen molar-refractivity contribution < 1.29 is 9.53 Å². The molecular formula is C30H31BrN4O2. The van der Waals surface area contributed by atoms with Crippen molar-refractivity contribution in [1.29, 1.82) is 5.26 Å². The first-order valence-corrected chi connectivity index (χ1v) is 14.4. The minimum Gasteiger partial charge on any atom is -0.381 e. The molecule has 0 unspecified atom stereocenters. The zero-order valence-corrected chi connectivity index (χ0v) is 22.6. The van der Waals surface area contributed by atoms with Gasteiger partial charge < -0.3 is 19.5 Å². The molecule has 7 heteroatoms. The first kappa shape index (κ1) is 23.5. The van der Waals surface area contributed by atoms with Crippen molar-refractivity contribution in [2.45, 2.75) is 50.0 Å². The summed E-state index contributed by atoms with van der Waals surface area (Å²) in [6.07, 6.45) is 6.71. The zero-order chi connectivity index (χ0) is 25.1. The van der Waals surface area contributed by atoms with Gasteiger partial charge in [-0.1, -0.05) is 6.07 Å². The summed E-state index contributed by atoms with van der Waals surface area (Å²) in [5.74, 6) is 0.0677. The van der Waals surface area contributed by atoms with Gasteiger partial charge in [-0.05, 0) is 97.4 Å². The molecule has 1 spiro atoms. The molecule has 0 radical (unpaired) electrons. The molecule has 4 aliphatic rings. The lowest BCUT2D eigenvalue weighted by Crippen LogP contribution is -2.44. The summed E-state index contributed by atoms with van der Waals surface area (Å²) in [6.45, 7) is 5.91. The van der Waals surface area contributed by atoms with E-state index in [1.807, 2.05) is 12.1 Å². The highest BCUT2D eigenvalue weighted by Gasteiger charge is 2.47. The van der Waals surface area contributed by atoms with E-state index in [9.17, 15) is 10.1 Å². The van der Waals surface area contributed by atoms with E-state index >= 15 is 0 Å². The minimum absolute atomic E-state index is 0.0677. The van der Waals surface area contributed by atoms with Crippen LogP contribution < -0.4 is 4.90 Å². The van der Waals surface area contributed by atoms with Crippen LogP contribution in [-0.2, 0) is 10.2 Å². The molecule has 4 heterocycles. The number of ketones is 1. The summed E-state index contributed by atoms with van der Waals surface area (Å²) < 4.78 is 6.83. The van der Waals surface area contributed by atoms with Gasteiger partial charge >= 0.3 is 0 Å². The second-order valence-electron chi connectivity index (χ2n) is 11.1. The number of anilines is 1. The van der Waals surface area contributed by atoms with Crippen LogP contribution in [0.25, 0.3) is 10.9 Å². The Hall–Kier alpha value is -2.66. The summed E-state index contributed by atoms with van der Waals surface area (Å²) in [4.78, 5) is 22.8. The molecule has 7 rings (SSSR count). The van der Waals surface area contributed by atoms with E-state index in [-0.39, 0.29) is 11.2 Å². The van der Waals surface area contributed by atoms with Crippen molar-refractivity contribution in [2.75, 3.05) is 44.3 Å². The number of carbonyl (C=O) groups is 1. The number of benzene rings is 2. The van der Waals surface area contributed by atoms with E-state index in [0.717, 1.165) is 63.7 Å². The molecule has 1 aromatic heterocycles. The number of aromatic amines is 1. The van der Waals surface area contributed by atoms with Gasteiger partial charge in [-0.3, -0.25) is 4.79 Å². The maximum absolute atomic E-state index is 14.0. The molecule has 190 valence electrons. The summed E-state index contributed by atoms with van der Waals surface area (Å²) in [5.41, 5.74) is 6.04. The first-order chi connectivity index (χ1) is 18.1. The number of nitriles is 1. The van der Waals surface area contributed by atoms with E-state index in [4.69, 9.17) is 4.74 Å². The van der Waals surface area contributed by atoms with Crippen LogP contribution in [0.4, 0.5) is 5.69 Å². The molecule has 3 aromatic rings. The number of hydrogen-bond donors (Lipinski definition) is 1. The van der Waals surface area contributed by atoms with Gasteiger partial charge in [0.2, 0.25) is 0 Å². The van der Waals surface area contributed by atoms with Crippen LogP contribution in [0.15, 0.2) is 34.8 Å². The van der Waals surface area contributed by atoms with Crippen LogP contribution in [0, 0.1) is 11.3 Å². The number of carbonyl (C=O) groups excluding carboxylic acids is 1. The molecule has 1 aliphatic carbocycles. The number of piperidine rings is 1. The van der Waals surface area contributed by atoms with E-state index in [2.05, 4.69) is 48.9 Å². The molecule has 2 aromatic carbocycles. The third-order valence-electron chi connectivity index (χ3n) is 9.29. The highest BCUT2D eigenvalue weighted by molar-refractivity contribution is 9.10. The fraction of sp³-hybridized carbons (Fsp3) is 0.467. The highest BCUT2D eigenvalue weighted by Crippen LogP contribution is 2.51. The summed E-state index contributed by atoms with van der Waals surface area (Å²) in [5, 5.41) is 10.3. The molecule has 0 atom stereocenters. The van der Waals surface area contributed by atoms with E-state index in [1.165, 1.54) is 44.5 Å². The number of aromatic nitrogens is 1. The second-order valence-corrected chi connectivity index (χ2v) is 11.9. The SMILES string of the molecule is N#Cc1ccc2c3c([nH]c2c1)C1(CCOCC1)c1cc(N2CCC(N4CCCC4)CC2)c(Br)cc1C3=O. The normalized spacial score (nSPS) is 21.8. The van der Waals surface area contributed by atoms with Crippen LogP contribution in [0.1, 0.15) is 71.3 Å². The van der Waals surface area contributed by atoms with Crippen molar-refractivity contribution in [1.82, 2.24) is 9.88 Å². The molecule has 0 amide bonds. The Morgan fingerprint density at radius 1 is 1.05 bits per heavy atom. The van der Waals surface area contributed by atoms with Crippen molar-refractivity contribution in [3.8, 4) is 6.07 Å². The number of hydrogen-bond acceptors (Lipinski definition) is 5. The fourth-order valence-corrected chi connectivity index (χ4v) is 7.93. The molecule has 6 nitrogen and oxygen atoms in total. The van der Waals surface area contributed by atoms with Gasteiger partial charge in [-0.2, -0.15) is 5.26 Å². The average molecular weight is 560 g/mol. The number of H-pyrrole nitrogens is 1. The van der Waals surface area contributed by atoms with E-state index in [1.54, 1.807) is 6.07 Å². The zero-order valence-electron chi connectivity index (χ0n) is 21.0. The highest BCUT2D eigenvalue weighted by atomic mass is 79.9. The number of fused-ring (bicyclic) bond motifs is 6. The molecule has 3 fully saturated rings. The largest absolute Gasteiger partial charge is 0.381 e. The topological polar surface area (TPSA) is 72.4 Å². The number of likely N-dealkylation sites (tertiary alicyclic amines) is 1. The van der Waals surface area contributed by atoms with Crippen molar-refractivity contribution in [3.63, 3.8) is 0 Å². The average Bonchev–Trinajstić information content (AvgIpc) is 3.61. The fourth-order valence-electron chi connectivity index (χ4n) is 7.34. The predicted molar refractivity (Wildman–Crippen MR) is 147 cm³/mol. The molecule has 1 N–H and O–H groups in total. The summed E-state index contributed by atoms with van der Waals surface area (Å²) >= 11 is 3.86. The summed E-state index contributed by atoms with van der Waals surface area (Å²) in [7, 11) is 0. The first-order valence-electron chi connectivity index (χ1n) is 13.6. The maximum atomic E-state index is 14.0. The quantitative estimate of drug-likeness (QED) is 0.449. The van der Waals surface area contributed by atoms with Gasteiger partial charge in [0.1, 0.15) is 0 Å². The number of rotatable bonds is 2. The van der Waals surface area contributed by atoms with Crippen LogP contribution in [-0.4, -0.2) is 61.1 Å². The van der Waals surface area contributed by atoms with E-state index in [0.29, 0.717) is 24.8 Å². The Kier molecular flexibility index (Phi) is 5.69. The smallest absolute Gasteiger partial charge is 0.195 e. The second kappa shape index (κ2) is 8.97.